The Balaban J connectivity index is 1.93. The molecule has 24 heavy (non-hydrogen) atoms. The predicted molar refractivity (Wildman–Crippen MR) is 93.1 cm³/mol. The maximum atomic E-state index is 12.3. The number of hydrogen-bond donors (Lipinski definition) is 2. The van der Waals surface area contributed by atoms with Gasteiger partial charge in [-0.15, -0.1) is 0 Å². The summed E-state index contributed by atoms with van der Waals surface area (Å²) in [6.45, 7) is 4.63. The SMILES string of the molecule is CC(C)c1ccc(C(O)CNC(=O)C2CCCN2S(C)(=O)=O)cc1. The summed E-state index contributed by atoms with van der Waals surface area (Å²) in [4.78, 5) is 12.3. The minimum atomic E-state index is -3.39. The van der Waals surface area contributed by atoms with E-state index in [1.807, 2.05) is 24.3 Å². The molecule has 2 unspecified atom stereocenters. The van der Waals surface area contributed by atoms with Gasteiger partial charge in [-0.05, 0) is 29.9 Å². The molecule has 1 saturated heterocycles. The van der Waals surface area contributed by atoms with Crippen LogP contribution in [0, 0.1) is 0 Å². The molecule has 1 aliphatic heterocycles. The molecule has 1 heterocycles. The van der Waals surface area contributed by atoms with E-state index in [9.17, 15) is 18.3 Å². The van der Waals surface area contributed by atoms with Gasteiger partial charge in [-0.25, -0.2) is 8.42 Å². The van der Waals surface area contributed by atoms with Crippen molar-refractivity contribution >= 4 is 15.9 Å². The van der Waals surface area contributed by atoms with Crippen LogP contribution in [0.4, 0.5) is 0 Å². The number of aliphatic hydroxyl groups excluding tert-OH is 1. The molecule has 1 amide bonds. The van der Waals surface area contributed by atoms with Gasteiger partial charge >= 0.3 is 0 Å². The maximum absolute atomic E-state index is 12.3. The smallest absolute Gasteiger partial charge is 0.238 e. The number of benzene rings is 1. The van der Waals surface area contributed by atoms with E-state index in [2.05, 4.69) is 19.2 Å². The van der Waals surface area contributed by atoms with Crippen LogP contribution in [0.3, 0.4) is 0 Å². The van der Waals surface area contributed by atoms with E-state index >= 15 is 0 Å². The quantitative estimate of drug-likeness (QED) is 0.808. The topological polar surface area (TPSA) is 86.7 Å². The van der Waals surface area contributed by atoms with Crippen LogP contribution in [0.2, 0.25) is 0 Å². The highest BCUT2D eigenvalue weighted by atomic mass is 32.2. The molecule has 0 bridgehead atoms. The molecule has 134 valence electrons. The number of rotatable bonds is 6. The largest absolute Gasteiger partial charge is 0.387 e. The van der Waals surface area contributed by atoms with Crippen LogP contribution >= 0.6 is 0 Å². The Morgan fingerprint density at radius 1 is 1.29 bits per heavy atom. The maximum Gasteiger partial charge on any atom is 0.238 e. The van der Waals surface area contributed by atoms with E-state index < -0.39 is 22.2 Å². The second-order valence-electron chi connectivity index (χ2n) is 6.61. The van der Waals surface area contributed by atoms with Gasteiger partial charge in [0.15, 0.2) is 0 Å². The average molecular weight is 354 g/mol. The van der Waals surface area contributed by atoms with Crippen molar-refractivity contribution in [2.24, 2.45) is 0 Å². The van der Waals surface area contributed by atoms with Gasteiger partial charge in [0.2, 0.25) is 15.9 Å². The lowest BCUT2D eigenvalue weighted by molar-refractivity contribution is -0.124. The molecular formula is C17H26N2O4S. The number of nitrogens with zero attached hydrogens (tertiary/aromatic N) is 1. The zero-order valence-electron chi connectivity index (χ0n) is 14.4. The van der Waals surface area contributed by atoms with Crippen molar-refractivity contribution in [3.8, 4) is 0 Å². The molecule has 7 heteroatoms. The van der Waals surface area contributed by atoms with Crippen molar-refractivity contribution in [3.05, 3.63) is 35.4 Å². The van der Waals surface area contributed by atoms with Gasteiger partial charge < -0.3 is 10.4 Å². The molecule has 2 atom stereocenters. The summed E-state index contributed by atoms with van der Waals surface area (Å²) in [5, 5.41) is 12.9. The Morgan fingerprint density at radius 3 is 2.42 bits per heavy atom. The van der Waals surface area contributed by atoms with Crippen LogP contribution in [0.5, 0.6) is 0 Å². The highest BCUT2D eigenvalue weighted by Gasteiger charge is 2.36. The molecule has 0 spiro atoms. The molecule has 6 nitrogen and oxygen atoms in total. The van der Waals surface area contributed by atoms with Gasteiger partial charge in [0, 0.05) is 13.1 Å². The fourth-order valence-electron chi connectivity index (χ4n) is 2.94. The van der Waals surface area contributed by atoms with Crippen LogP contribution < -0.4 is 5.32 Å². The highest BCUT2D eigenvalue weighted by Crippen LogP contribution is 2.21. The number of sulfonamides is 1. The fourth-order valence-corrected chi connectivity index (χ4v) is 4.06. The van der Waals surface area contributed by atoms with Crippen molar-refractivity contribution in [3.63, 3.8) is 0 Å². The normalized spacial score (nSPS) is 20.3. The Morgan fingerprint density at radius 2 is 1.88 bits per heavy atom. The van der Waals surface area contributed by atoms with Crippen molar-refractivity contribution in [2.45, 2.75) is 44.8 Å². The summed E-state index contributed by atoms with van der Waals surface area (Å²) >= 11 is 0. The van der Waals surface area contributed by atoms with Crippen LogP contribution in [-0.2, 0) is 14.8 Å². The first kappa shape index (κ1) is 18.9. The molecule has 0 aliphatic carbocycles. The number of aliphatic hydroxyl groups is 1. The molecule has 2 rings (SSSR count). The lowest BCUT2D eigenvalue weighted by atomic mass is 10.00. The molecule has 0 aromatic heterocycles. The Bertz CT molecular complexity index is 670. The molecule has 2 N–H and O–H groups in total. The third-order valence-electron chi connectivity index (χ3n) is 4.39. The van der Waals surface area contributed by atoms with E-state index in [1.54, 1.807) is 0 Å². The standard InChI is InChI=1S/C17H26N2O4S/c1-12(2)13-6-8-14(9-7-13)16(20)11-18-17(21)15-5-4-10-19(15)24(3,22)23/h6-9,12,15-16,20H,4-5,10-11H2,1-3H3,(H,18,21). The van der Waals surface area contributed by atoms with Crippen LogP contribution in [0.1, 0.15) is 49.8 Å². The molecule has 1 aromatic rings. The van der Waals surface area contributed by atoms with E-state index in [4.69, 9.17) is 0 Å². The zero-order chi connectivity index (χ0) is 17.9. The van der Waals surface area contributed by atoms with Crippen LogP contribution in [-0.4, -0.2) is 49.1 Å². The van der Waals surface area contributed by atoms with Crippen molar-refractivity contribution < 1.29 is 18.3 Å². The van der Waals surface area contributed by atoms with Crippen molar-refractivity contribution in [2.75, 3.05) is 19.3 Å². The number of carbonyl (C=O) groups is 1. The van der Waals surface area contributed by atoms with Crippen LogP contribution in [0.25, 0.3) is 0 Å². The fraction of sp³-hybridized carbons (Fsp3) is 0.588. The molecule has 0 radical (unpaired) electrons. The molecular weight excluding hydrogens is 328 g/mol. The molecule has 1 aromatic carbocycles. The molecule has 1 fully saturated rings. The summed E-state index contributed by atoms with van der Waals surface area (Å²) in [5.41, 5.74) is 1.91. The minimum Gasteiger partial charge on any atom is -0.387 e. The Hall–Kier alpha value is -1.44. The Labute approximate surface area is 143 Å². The third kappa shape index (κ3) is 4.55. The monoisotopic (exact) mass is 354 g/mol. The number of carbonyl (C=O) groups excluding carboxylic acids is 1. The predicted octanol–water partition coefficient (Wildman–Crippen LogP) is 1.38. The zero-order valence-corrected chi connectivity index (χ0v) is 15.2. The van der Waals surface area contributed by atoms with E-state index in [0.717, 1.165) is 11.8 Å². The summed E-state index contributed by atoms with van der Waals surface area (Å²) in [5.74, 6) is 0.0658. The Kier molecular flexibility index (Phi) is 6.01. The van der Waals surface area contributed by atoms with Crippen molar-refractivity contribution in [1.82, 2.24) is 9.62 Å². The first-order chi connectivity index (χ1) is 11.2. The number of hydrogen-bond acceptors (Lipinski definition) is 4. The van der Waals surface area contributed by atoms with E-state index in [0.29, 0.717) is 25.3 Å². The van der Waals surface area contributed by atoms with Crippen LogP contribution in [0.15, 0.2) is 24.3 Å². The summed E-state index contributed by atoms with van der Waals surface area (Å²) in [6.07, 6.45) is 1.48. The molecule has 1 aliphatic rings. The second-order valence-corrected chi connectivity index (χ2v) is 8.55. The van der Waals surface area contributed by atoms with Crippen molar-refractivity contribution in [1.29, 1.82) is 0 Å². The van der Waals surface area contributed by atoms with Gasteiger partial charge in [0.05, 0.1) is 12.4 Å². The first-order valence-electron chi connectivity index (χ1n) is 8.22. The van der Waals surface area contributed by atoms with Gasteiger partial charge in [0.1, 0.15) is 6.04 Å². The minimum absolute atomic E-state index is 0.0635. The third-order valence-corrected chi connectivity index (χ3v) is 5.68. The first-order valence-corrected chi connectivity index (χ1v) is 10.1. The van der Waals surface area contributed by atoms with Gasteiger partial charge in [-0.3, -0.25) is 4.79 Å². The number of nitrogens with one attached hydrogen (secondary N) is 1. The van der Waals surface area contributed by atoms with Gasteiger partial charge in [-0.2, -0.15) is 4.31 Å². The summed E-state index contributed by atoms with van der Waals surface area (Å²) in [6, 6.07) is 6.96. The van der Waals surface area contributed by atoms with Gasteiger partial charge in [0.25, 0.3) is 0 Å². The lowest BCUT2D eigenvalue weighted by Gasteiger charge is -2.22. The van der Waals surface area contributed by atoms with E-state index in [1.165, 1.54) is 9.87 Å². The lowest BCUT2D eigenvalue weighted by Crippen LogP contribution is -2.46. The average Bonchev–Trinajstić information content (AvgIpc) is 3.02. The number of amides is 1. The second kappa shape index (κ2) is 7.63. The summed E-state index contributed by atoms with van der Waals surface area (Å²) < 4.78 is 24.6. The highest BCUT2D eigenvalue weighted by molar-refractivity contribution is 7.88. The summed E-state index contributed by atoms with van der Waals surface area (Å²) in [7, 11) is -3.39. The molecule has 0 saturated carbocycles. The van der Waals surface area contributed by atoms with E-state index in [-0.39, 0.29) is 12.5 Å². The van der Waals surface area contributed by atoms with Gasteiger partial charge in [-0.1, -0.05) is 38.1 Å².